The Labute approximate surface area is 93.9 Å². The van der Waals surface area contributed by atoms with E-state index in [4.69, 9.17) is 0 Å². The second-order valence-corrected chi connectivity index (χ2v) is 4.02. The van der Waals surface area contributed by atoms with Gasteiger partial charge in [-0.25, -0.2) is 0 Å². The highest BCUT2D eigenvalue weighted by Gasteiger charge is 2.04. The van der Waals surface area contributed by atoms with Crippen molar-refractivity contribution in [2.24, 2.45) is 4.99 Å². The molecule has 0 amide bonds. The Bertz CT molecular complexity index is 563. The normalized spacial score (nSPS) is 14.1. The predicted molar refractivity (Wildman–Crippen MR) is 59.3 cm³/mol. The molecule has 0 unspecified atom stereocenters. The third-order valence-electron chi connectivity index (χ3n) is 2.12. The van der Waals surface area contributed by atoms with Gasteiger partial charge >= 0.3 is 0 Å². The van der Waals surface area contributed by atoms with Gasteiger partial charge in [0.2, 0.25) is 6.20 Å². The number of nitrogens with zero attached hydrogens (tertiary/aromatic N) is 2. The molecule has 0 fully saturated rings. The summed E-state index contributed by atoms with van der Waals surface area (Å²) in [4.78, 5) is 14.0. The number of hydrogen-bond donors (Lipinski definition) is 0. The van der Waals surface area contributed by atoms with Crippen LogP contribution in [0.5, 0.6) is 0 Å². The zero-order chi connectivity index (χ0) is 10.8. The first-order valence-corrected chi connectivity index (χ1v) is 5.11. The Kier molecular flexibility index (Phi) is 2.64. The highest BCUT2D eigenvalue weighted by Crippen LogP contribution is 2.06. The van der Waals surface area contributed by atoms with Crippen LogP contribution in [0.4, 0.5) is 0 Å². The lowest BCUT2D eigenvalue weighted by molar-refractivity contribution is -0.402. The molecular formula is C10H7BrN2O2. The molecule has 2 rings (SSSR count). The Hall–Kier alpha value is -1.49. The number of benzene rings is 1. The maximum Gasteiger partial charge on any atom is 0.234 e. The van der Waals surface area contributed by atoms with Crippen LogP contribution >= 0.6 is 15.9 Å². The van der Waals surface area contributed by atoms with E-state index in [9.17, 15) is 10.1 Å². The lowest BCUT2D eigenvalue weighted by Gasteiger charge is -1.90. The maximum absolute atomic E-state index is 10.2. The second kappa shape index (κ2) is 3.94. The highest BCUT2D eigenvalue weighted by molar-refractivity contribution is 9.10. The van der Waals surface area contributed by atoms with Gasteiger partial charge in [-0.1, -0.05) is 15.9 Å². The van der Waals surface area contributed by atoms with E-state index in [-0.39, 0.29) is 0 Å². The molecule has 76 valence electrons. The van der Waals surface area contributed by atoms with Crippen LogP contribution in [-0.4, -0.2) is 11.5 Å². The van der Waals surface area contributed by atoms with E-state index < -0.39 is 4.92 Å². The van der Waals surface area contributed by atoms with E-state index in [1.54, 1.807) is 0 Å². The molecule has 1 aromatic carbocycles. The lowest BCUT2D eigenvalue weighted by atomic mass is 10.2. The fraction of sp³-hybridized carbons (Fsp3) is 0.100. The van der Waals surface area contributed by atoms with Gasteiger partial charge in [-0.2, -0.15) is 0 Å². The fourth-order valence-electron chi connectivity index (χ4n) is 1.45. The van der Waals surface area contributed by atoms with Crippen molar-refractivity contribution >= 4 is 21.5 Å². The summed E-state index contributed by atoms with van der Waals surface area (Å²) < 4.78 is 0.949. The molecule has 5 heteroatoms. The first kappa shape index (κ1) is 10.0. The molecule has 4 nitrogen and oxygen atoms in total. The topological polar surface area (TPSA) is 55.5 Å². The molecule has 0 spiro atoms. The molecule has 0 aromatic heterocycles. The van der Waals surface area contributed by atoms with Gasteiger partial charge in [0.1, 0.15) is 0 Å². The molecule has 1 aliphatic rings. The minimum absolute atomic E-state index is 0.469. The van der Waals surface area contributed by atoms with E-state index in [0.717, 1.165) is 26.8 Å². The molecule has 1 aliphatic heterocycles. The van der Waals surface area contributed by atoms with Crippen LogP contribution in [0.25, 0.3) is 5.57 Å². The van der Waals surface area contributed by atoms with Crippen molar-refractivity contribution in [3.8, 4) is 0 Å². The largest absolute Gasteiger partial charge is 0.280 e. The van der Waals surface area contributed by atoms with Gasteiger partial charge in [-0.3, -0.25) is 15.1 Å². The molecule has 0 radical (unpaired) electrons. The summed E-state index contributed by atoms with van der Waals surface area (Å²) in [7, 11) is 0. The Morgan fingerprint density at radius 2 is 2.33 bits per heavy atom. The Balaban J connectivity index is 2.55. The summed E-state index contributed by atoms with van der Waals surface area (Å²) in [6.07, 6.45) is 2.45. The van der Waals surface area contributed by atoms with Gasteiger partial charge in [0, 0.05) is 15.8 Å². The van der Waals surface area contributed by atoms with Crippen LogP contribution in [0.15, 0.2) is 39.9 Å². The summed E-state index contributed by atoms with van der Waals surface area (Å²) in [5.41, 5.74) is 0.878. The average Bonchev–Trinajstić information content (AvgIpc) is 2.57. The Morgan fingerprint density at radius 3 is 3.07 bits per heavy atom. The van der Waals surface area contributed by atoms with Crippen molar-refractivity contribution in [1.82, 2.24) is 0 Å². The number of rotatable bonds is 2. The molecule has 1 aromatic rings. The Morgan fingerprint density at radius 1 is 1.53 bits per heavy atom. The van der Waals surface area contributed by atoms with E-state index in [1.807, 2.05) is 18.2 Å². The minimum Gasteiger partial charge on any atom is -0.280 e. The fourth-order valence-corrected chi connectivity index (χ4v) is 1.81. The number of hydrogen-bond acceptors (Lipinski definition) is 3. The van der Waals surface area contributed by atoms with Crippen LogP contribution in [-0.2, 0) is 0 Å². The van der Waals surface area contributed by atoms with E-state index in [1.165, 1.54) is 6.08 Å². The van der Waals surface area contributed by atoms with Gasteiger partial charge in [-0.15, -0.1) is 0 Å². The highest BCUT2D eigenvalue weighted by atomic mass is 79.9. The molecule has 0 aliphatic carbocycles. The molecule has 0 saturated heterocycles. The van der Waals surface area contributed by atoms with Gasteiger partial charge in [0.25, 0.3) is 0 Å². The third-order valence-corrected chi connectivity index (χ3v) is 2.61. The molecule has 1 heterocycles. The maximum atomic E-state index is 10.2. The van der Waals surface area contributed by atoms with E-state index >= 15 is 0 Å². The molecule has 0 atom stereocenters. The van der Waals surface area contributed by atoms with Gasteiger partial charge in [-0.05, 0) is 23.8 Å². The number of fused-ring (bicyclic) bond motifs is 1. The van der Waals surface area contributed by atoms with Crippen molar-refractivity contribution in [2.75, 3.05) is 6.54 Å². The SMILES string of the molecule is O=[N+]([O-])/C=C/C1=c2cc(Br)ccc2=NC1. The summed E-state index contributed by atoms with van der Waals surface area (Å²) in [6.45, 7) is 0.510. The van der Waals surface area contributed by atoms with Crippen molar-refractivity contribution in [3.05, 3.63) is 55.6 Å². The van der Waals surface area contributed by atoms with Crippen LogP contribution in [0.1, 0.15) is 0 Å². The van der Waals surface area contributed by atoms with Crippen LogP contribution in [0.2, 0.25) is 0 Å². The standard InChI is InChI=1S/C10H7BrN2O2/c11-8-1-2-10-9(5-8)7(6-12-10)3-4-13(14)15/h1-5H,6H2/b4-3+. The van der Waals surface area contributed by atoms with Gasteiger partial charge < -0.3 is 0 Å². The number of halogens is 1. The molecular weight excluding hydrogens is 260 g/mol. The summed E-state index contributed by atoms with van der Waals surface area (Å²) in [5, 5.41) is 12.1. The molecule has 0 N–H and O–H groups in total. The van der Waals surface area contributed by atoms with Gasteiger partial charge in [0.15, 0.2) is 0 Å². The zero-order valence-electron chi connectivity index (χ0n) is 7.68. The predicted octanol–water partition coefficient (Wildman–Crippen LogP) is 1.02. The summed E-state index contributed by atoms with van der Waals surface area (Å²) in [5.74, 6) is 0. The lowest BCUT2D eigenvalue weighted by Crippen LogP contribution is -2.22. The first-order chi connectivity index (χ1) is 7.16. The van der Waals surface area contributed by atoms with Gasteiger partial charge in [0.05, 0.1) is 16.8 Å². The van der Waals surface area contributed by atoms with E-state index in [0.29, 0.717) is 6.54 Å². The second-order valence-electron chi connectivity index (χ2n) is 3.10. The van der Waals surface area contributed by atoms with E-state index in [2.05, 4.69) is 20.9 Å². The number of nitro groups is 1. The molecule has 15 heavy (non-hydrogen) atoms. The average molecular weight is 267 g/mol. The third kappa shape index (κ3) is 2.12. The van der Waals surface area contributed by atoms with Crippen molar-refractivity contribution < 1.29 is 4.92 Å². The summed E-state index contributed by atoms with van der Waals surface area (Å²) in [6, 6.07) is 5.72. The first-order valence-electron chi connectivity index (χ1n) is 4.32. The molecule has 0 saturated carbocycles. The van der Waals surface area contributed by atoms with Crippen LogP contribution < -0.4 is 10.6 Å². The minimum atomic E-state index is -0.469. The smallest absolute Gasteiger partial charge is 0.234 e. The van der Waals surface area contributed by atoms with Crippen LogP contribution in [0, 0.1) is 10.1 Å². The summed E-state index contributed by atoms with van der Waals surface area (Å²) >= 11 is 3.36. The van der Waals surface area contributed by atoms with Crippen molar-refractivity contribution in [1.29, 1.82) is 0 Å². The van der Waals surface area contributed by atoms with Crippen molar-refractivity contribution in [3.63, 3.8) is 0 Å². The quantitative estimate of drug-likeness (QED) is 0.593. The van der Waals surface area contributed by atoms with Crippen molar-refractivity contribution in [2.45, 2.75) is 0 Å². The molecule has 0 bridgehead atoms. The monoisotopic (exact) mass is 266 g/mol. The zero-order valence-corrected chi connectivity index (χ0v) is 9.27. The van der Waals surface area contributed by atoms with Crippen LogP contribution in [0.3, 0.4) is 0 Å².